The second kappa shape index (κ2) is 5.51. The van der Waals surface area contributed by atoms with E-state index in [1.807, 2.05) is 12.1 Å². The molecule has 0 bridgehead atoms. The van der Waals surface area contributed by atoms with Gasteiger partial charge in [0, 0.05) is 31.8 Å². The first-order valence-electron chi connectivity index (χ1n) is 5.30. The first kappa shape index (κ1) is 11.7. The van der Waals surface area contributed by atoms with E-state index in [2.05, 4.69) is 15.1 Å². The molecule has 0 fully saturated rings. The van der Waals surface area contributed by atoms with Gasteiger partial charge in [0.25, 0.3) is 5.89 Å². The highest BCUT2D eigenvalue weighted by Crippen LogP contribution is 2.17. The summed E-state index contributed by atoms with van der Waals surface area (Å²) in [4.78, 5) is 8.37. The highest BCUT2D eigenvalue weighted by Gasteiger charge is 2.09. The Morgan fingerprint density at radius 3 is 3.12 bits per heavy atom. The Morgan fingerprint density at radius 1 is 1.47 bits per heavy atom. The SMILES string of the molecule is COCCc1noc(-c2ccnc(CN)c2)n1. The molecule has 90 valence electrons. The predicted molar refractivity (Wildman–Crippen MR) is 61.0 cm³/mol. The summed E-state index contributed by atoms with van der Waals surface area (Å²) >= 11 is 0. The van der Waals surface area contributed by atoms with Crippen LogP contribution in [0.4, 0.5) is 0 Å². The van der Waals surface area contributed by atoms with Crippen LogP contribution < -0.4 is 5.73 Å². The Kier molecular flexibility index (Phi) is 3.79. The van der Waals surface area contributed by atoms with Crippen molar-refractivity contribution in [3.05, 3.63) is 29.8 Å². The van der Waals surface area contributed by atoms with E-state index in [1.165, 1.54) is 0 Å². The number of hydrogen-bond acceptors (Lipinski definition) is 6. The molecule has 0 radical (unpaired) electrons. The Balaban J connectivity index is 2.18. The monoisotopic (exact) mass is 234 g/mol. The molecule has 0 amide bonds. The van der Waals surface area contributed by atoms with Crippen molar-refractivity contribution < 1.29 is 9.26 Å². The molecular weight excluding hydrogens is 220 g/mol. The van der Waals surface area contributed by atoms with Gasteiger partial charge in [-0.05, 0) is 12.1 Å². The summed E-state index contributed by atoms with van der Waals surface area (Å²) in [6.45, 7) is 0.960. The molecule has 0 unspecified atom stereocenters. The Morgan fingerprint density at radius 2 is 2.35 bits per heavy atom. The third-order valence-corrected chi connectivity index (χ3v) is 2.27. The summed E-state index contributed by atoms with van der Waals surface area (Å²) in [7, 11) is 1.64. The Hall–Kier alpha value is -1.79. The second-order valence-electron chi connectivity index (χ2n) is 3.50. The summed E-state index contributed by atoms with van der Waals surface area (Å²) in [6.07, 6.45) is 2.31. The van der Waals surface area contributed by atoms with Gasteiger partial charge in [0.15, 0.2) is 5.82 Å². The zero-order valence-electron chi connectivity index (χ0n) is 9.59. The number of nitrogens with two attached hydrogens (primary N) is 1. The lowest BCUT2D eigenvalue weighted by atomic mass is 10.2. The van der Waals surface area contributed by atoms with Gasteiger partial charge in [0.1, 0.15) is 0 Å². The maximum Gasteiger partial charge on any atom is 0.258 e. The minimum atomic E-state index is 0.387. The molecule has 0 atom stereocenters. The summed E-state index contributed by atoms with van der Waals surface area (Å²) in [5.74, 6) is 1.11. The van der Waals surface area contributed by atoms with Crippen LogP contribution in [0.2, 0.25) is 0 Å². The van der Waals surface area contributed by atoms with E-state index in [0.29, 0.717) is 31.3 Å². The lowest BCUT2D eigenvalue weighted by Gasteiger charge is -1.97. The third-order valence-electron chi connectivity index (χ3n) is 2.27. The molecule has 2 N–H and O–H groups in total. The fraction of sp³-hybridized carbons (Fsp3) is 0.364. The summed E-state index contributed by atoms with van der Waals surface area (Å²) in [5, 5.41) is 3.87. The van der Waals surface area contributed by atoms with Gasteiger partial charge in [-0.15, -0.1) is 0 Å². The van der Waals surface area contributed by atoms with Crippen molar-refractivity contribution in [2.24, 2.45) is 5.73 Å². The maximum absolute atomic E-state index is 5.52. The number of ether oxygens (including phenoxy) is 1. The third kappa shape index (κ3) is 2.86. The molecule has 0 aliphatic carbocycles. The van der Waals surface area contributed by atoms with E-state index < -0.39 is 0 Å². The molecule has 0 aliphatic rings. The lowest BCUT2D eigenvalue weighted by Crippen LogP contribution is -1.99. The van der Waals surface area contributed by atoms with Gasteiger partial charge < -0.3 is 15.0 Å². The van der Waals surface area contributed by atoms with Gasteiger partial charge in [-0.1, -0.05) is 5.16 Å². The minimum Gasteiger partial charge on any atom is -0.384 e. The Labute approximate surface area is 98.8 Å². The molecule has 0 saturated heterocycles. The van der Waals surface area contributed by atoms with Gasteiger partial charge in [-0.3, -0.25) is 4.98 Å². The molecule has 6 nitrogen and oxygen atoms in total. The number of pyridine rings is 1. The summed E-state index contributed by atoms with van der Waals surface area (Å²) in [6, 6.07) is 3.65. The smallest absolute Gasteiger partial charge is 0.258 e. The molecule has 0 aromatic carbocycles. The molecule has 6 heteroatoms. The van der Waals surface area contributed by atoms with Crippen molar-refractivity contribution in [2.45, 2.75) is 13.0 Å². The van der Waals surface area contributed by atoms with Crippen LogP contribution >= 0.6 is 0 Å². The molecule has 2 heterocycles. The van der Waals surface area contributed by atoms with Crippen LogP contribution in [0.1, 0.15) is 11.5 Å². The highest BCUT2D eigenvalue weighted by molar-refractivity contribution is 5.52. The molecule has 0 saturated carbocycles. The number of methoxy groups -OCH3 is 1. The average Bonchev–Trinajstić information content (AvgIpc) is 2.85. The molecule has 0 spiro atoms. The average molecular weight is 234 g/mol. The van der Waals surface area contributed by atoms with E-state index in [0.717, 1.165) is 11.3 Å². The maximum atomic E-state index is 5.52. The number of nitrogens with zero attached hydrogens (tertiary/aromatic N) is 3. The predicted octanol–water partition coefficient (Wildman–Crippen LogP) is 0.779. The van der Waals surface area contributed by atoms with Crippen LogP contribution in [0.3, 0.4) is 0 Å². The van der Waals surface area contributed by atoms with Crippen LogP contribution in [-0.2, 0) is 17.7 Å². The lowest BCUT2D eigenvalue weighted by molar-refractivity contribution is 0.199. The topological polar surface area (TPSA) is 87.1 Å². The van der Waals surface area contributed by atoms with Crippen molar-refractivity contribution >= 4 is 0 Å². The van der Waals surface area contributed by atoms with Gasteiger partial charge in [0.2, 0.25) is 0 Å². The van der Waals surface area contributed by atoms with E-state index in [4.69, 9.17) is 15.0 Å². The number of rotatable bonds is 5. The van der Waals surface area contributed by atoms with Crippen molar-refractivity contribution in [1.29, 1.82) is 0 Å². The fourth-order valence-electron chi connectivity index (χ4n) is 1.39. The fourth-order valence-corrected chi connectivity index (χ4v) is 1.39. The Bertz CT molecular complexity index is 484. The van der Waals surface area contributed by atoms with Gasteiger partial charge >= 0.3 is 0 Å². The van der Waals surface area contributed by atoms with Crippen molar-refractivity contribution in [3.63, 3.8) is 0 Å². The molecule has 2 aromatic rings. The summed E-state index contributed by atoms with van der Waals surface area (Å²) < 4.78 is 10.1. The van der Waals surface area contributed by atoms with Gasteiger partial charge in [0.05, 0.1) is 12.3 Å². The molecule has 0 aliphatic heterocycles. The summed E-state index contributed by atoms with van der Waals surface area (Å²) in [5.41, 5.74) is 7.14. The van der Waals surface area contributed by atoms with Crippen LogP contribution in [0.15, 0.2) is 22.9 Å². The number of aromatic nitrogens is 3. The van der Waals surface area contributed by atoms with Crippen molar-refractivity contribution in [1.82, 2.24) is 15.1 Å². The van der Waals surface area contributed by atoms with E-state index in [-0.39, 0.29) is 0 Å². The molecule has 2 aromatic heterocycles. The highest BCUT2D eigenvalue weighted by atomic mass is 16.5. The van der Waals surface area contributed by atoms with Crippen LogP contribution in [0, 0.1) is 0 Å². The van der Waals surface area contributed by atoms with Gasteiger partial charge in [-0.25, -0.2) is 0 Å². The van der Waals surface area contributed by atoms with E-state index in [9.17, 15) is 0 Å². The second-order valence-corrected chi connectivity index (χ2v) is 3.50. The first-order chi connectivity index (χ1) is 8.33. The van der Waals surface area contributed by atoms with E-state index in [1.54, 1.807) is 13.3 Å². The van der Waals surface area contributed by atoms with Crippen molar-refractivity contribution in [3.8, 4) is 11.5 Å². The molecule has 2 rings (SSSR count). The molecule has 17 heavy (non-hydrogen) atoms. The quantitative estimate of drug-likeness (QED) is 0.822. The van der Waals surface area contributed by atoms with Crippen LogP contribution in [0.5, 0.6) is 0 Å². The zero-order valence-corrected chi connectivity index (χ0v) is 9.59. The van der Waals surface area contributed by atoms with E-state index >= 15 is 0 Å². The zero-order chi connectivity index (χ0) is 12.1. The van der Waals surface area contributed by atoms with Crippen LogP contribution in [-0.4, -0.2) is 28.8 Å². The molecular formula is C11H14N4O2. The normalized spacial score (nSPS) is 10.7. The number of hydrogen-bond donors (Lipinski definition) is 1. The van der Waals surface area contributed by atoms with Gasteiger partial charge in [-0.2, -0.15) is 4.98 Å². The standard InChI is InChI=1S/C11H14N4O2/c1-16-5-3-10-14-11(17-15-10)8-2-4-13-9(6-8)7-12/h2,4,6H,3,5,7,12H2,1H3. The minimum absolute atomic E-state index is 0.387. The van der Waals surface area contributed by atoms with Crippen molar-refractivity contribution in [2.75, 3.05) is 13.7 Å². The first-order valence-corrected chi connectivity index (χ1v) is 5.30. The largest absolute Gasteiger partial charge is 0.384 e. The van der Waals surface area contributed by atoms with Crippen LogP contribution in [0.25, 0.3) is 11.5 Å².